The fourth-order valence-corrected chi connectivity index (χ4v) is 3.58. The Hall–Kier alpha value is -2.57. The minimum atomic E-state index is -0.183. The molecule has 3 heterocycles. The number of hydrazine groups is 1. The van der Waals surface area contributed by atoms with Crippen LogP contribution in [0.3, 0.4) is 0 Å². The van der Waals surface area contributed by atoms with Crippen molar-refractivity contribution in [3.63, 3.8) is 0 Å². The van der Waals surface area contributed by atoms with Crippen molar-refractivity contribution in [2.45, 2.75) is 32.2 Å². The summed E-state index contributed by atoms with van der Waals surface area (Å²) >= 11 is 0. The first-order valence-electron chi connectivity index (χ1n) is 7.95. The van der Waals surface area contributed by atoms with Gasteiger partial charge in [0.25, 0.3) is 5.91 Å². The molecule has 2 saturated heterocycles. The van der Waals surface area contributed by atoms with Gasteiger partial charge in [-0.05, 0) is 25.5 Å². The van der Waals surface area contributed by atoms with E-state index < -0.39 is 0 Å². The van der Waals surface area contributed by atoms with Gasteiger partial charge in [0.15, 0.2) is 11.5 Å². The first-order chi connectivity index (χ1) is 11.0. The lowest BCUT2D eigenvalue weighted by molar-refractivity contribution is -0.129. The molecule has 2 fully saturated rings. The second kappa shape index (κ2) is 4.71. The number of carbonyl (C=O) groups is 1. The number of nitrogens with one attached hydrogen (secondary N) is 2. The number of hydrogen-bond donors (Lipinski definition) is 3. The van der Waals surface area contributed by atoms with E-state index in [1.165, 1.54) is 0 Å². The Morgan fingerprint density at radius 3 is 2.78 bits per heavy atom. The normalized spacial score (nSPS) is 27.7. The van der Waals surface area contributed by atoms with Crippen molar-refractivity contribution in [1.29, 1.82) is 5.41 Å². The highest BCUT2D eigenvalue weighted by atomic mass is 16.2. The third-order valence-corrected chi connectivity index (χ3v) is 5.02. The Morgan fingerprint density at radius 2 is 2.04 bits per heavy atom. The number of anilines is 2. The fraction of sp³-hybridized carbons (Fsp3) is 0.438. The number of amides is 1. The monoisotopic (exact) mass is 312 g/mol. The molecule has 23 heavy (non-hydrogen) atoms. The highest BCUT2D eigenvalue weighted by Crippen LogP contribution is 2.45. The molecule has 0 radical (unpaired) electrons. The van der Waals surface area contributed by atoms with E-state index in [0.29, 0.717) is 18.8 Å². The molecule has 7 nitrogen and oxygen atoms in total. The van der Waals surface area contributed by atoms with E-state index in [4.69, 9.17) is 11.1 Å². The van der Waals surface area contributed by atoms with Gasteiger partial charge in [-0.25, -0.2) is 10.0 Å². The first-order valence-corrected chi connectivity index (χ1v) is 7.95. The third-order valence-electron chi connectivity index (χ3n) is 5.02. The van der Waals surface area contributed by atoms with Crippen LogP contribution in [0.15, 0.2) is 17.1 Å². The number of aliphatic imine (C=N–C) groups is 1. The number of rotatable bonds is 1. The molecule has 7 heteroatoms. The van der Waals surface area contributed by atoms with Crippen LogP contribution in [0.25, 0.3) is 0 Å². The Bertz CT molecular complexity index is 731. The van der Waals surface area contributed by atoms with Crippen molar-refractivity contribution in [3.05, 3.63) is 17.7 Å². The SMILES string of the molecule is CC1Nc2c(N=C3C(=N)N4CCCN4C3=O)ccc(N)c2C1C. The summed E-state index contributed by atoms with van der Waals surface area (Å²) in [7, 11) is 0. The minimum absolute atomic E-state index is 0.183. The maximum Gasteiger partial charge on any atom is 0.294 e. The predicted octanol–water partition coefficient (Wildman–Crippen LogP) is 1.70. The van der Waals surface area contributed by atoms with Crippen molar-refractivity contribution in [2.75, 3.05) is 24.1 Å². The summed E-state index contributed by atoms with van der Waals surface area (Å²) in [5.41, 5.74) is 9.69. The average molecular weight is 312 g/mol. The molecular formula is C16H20N6O. The molecule has 3 aliphatic rings. The van der Waals surface area contributed by atoms with Gasteiger partial charge in [-0.1, -0.05) is 6.92 Å². The topological polar surface area (TPSA) is 97.8 Å². The molecule has 3 aliphatic heterocycles. The van der Waals surface area contributed by atoms with Crippen LogP contribution < -0.4 is 11.1 Å². The van der Waals surface area contributed by atoms with Gasteiger partial charge >= 0.3 is 0 Å². The molecule has 0 spiro atoms. The number of fused-ring (bicyclic) bond motifs is 2. The van der Waals surface area contributed by atoms with Crippen molar-refractivity contribution in [3.8, 4) is 0 Å². The summed E-state index contributed by atoms with van der Waals surface area (Å²) in [6.45, 7) is 5.59. The lowest BCUT2D eigenvalue weighted by atomic mass is 9.96. The van der Waals surface area contributed by atoms with Gasteiger partial charge in [0.2, 0.25) is 0 Å². The molecule has 0 aromatic heterocycles. The molecule has 0 aliphatic carbocycles. The number of hydrogen-bond acceptors (Lipinski definition) is 5. The van der Waals surface area contributed by atoms with Crippen molar-refractivity contribution in [2.24, 2.45) is 4.99 Å². The van der Waals surface area contributed by atoms with E-state index in [1.807, 2.05) is 12.1 Å². The highest BCUT2D eigenvalue weighted by molar-refractivity contribution is 6.68. The predicted molar refractivity (Wildman–Crippen MR) is 90.2 cm³/mol. The van der Waals surface area contributed by atoms with E-state index >= 15 is 0 Å². The van der Waals surface area contributed by atoms with Gasteiger partial charge in [0.05, 0.1) is 11.4 Å². The Kier molecular flexibility index (Phi) is 2.88. The van der Waals surface area contributed by atoms with Crippen LogP contribution in [-0.2, 0) is 4.79 Å². The smallest absolute Gasteiger partial charge is 0.294 e. The second-order valence-corrected chi connectivity index (χ2v) is 6.40. The van der Waals surface area contributed by atoms with Crippen LogP contribution in [0, 0.1) is 5.41 Å². The van der Waals surface area contributed by atoms with E-state index in [9.17, 15) is 4.79 Å². The quantitative estimate of drug-likeness (QED) is 0.687. The van der Waals surface area contributed by atoms with Crippen molar-refractivity contribution < 1.29 is 4.79 Å². The molecule has 0 saturated carbocycles. The first kappa shape index (κ1) is 14.0. The van der Waals surface area contributed by atoms with Gasteiger partial charge in [-0.2, -0.15) is 0 Å². The van der Waals surface area contributed by atoms with Gasteiger partial charge in [-0.3, -0.25) is 15.2 Å². The zero-order chi connectivity index (χ0) is 16.3. The lowest BCUT2D eigenvalue weighted by Crippen LogP contribution is -2.33. The minimum Gasteiger partial charge on any atom is -0.398 e. The lowest BCUT2D eigenvalue weighted by Gasteiger charge is -2.17. The number of nitrogens with zero attached hydrogens (tertiary/aromatic N) is 3. The third kappa shape index (κ3) is 1.85. The Morgan fingerprint density at radius 1 is 1.30 bits per heavy atom. The largest absolute Gasteiger partial charge is 0.398 e. The number of nitrogens with two attached hydrogens (primary N) is 1. The molecular weight excluding hydrogens is 292 g/mol. The Balaban J connectivity index is 1.79. The highest BCUT2D eigenvalue weighted by Gasteiger charge is 2.42. The zero-order valence-electron chi connectivity index (χ0n) is 13.3. The summed E-state index contributed by atoms with van der Waals surface area (Å²) in [4.78, 5) is 17.0. The van der Waals surface area contributed by atoms with Crippen LogP contribution in [0.2, 0.25) is 0 Å². The molecule has 1 aromatic carbocycles. The van der Waals surface area contributed by atoms with E-state index in [0.717, 1.165) is 23.4 Å². The maximum absolute atomic E-state index is 12.5. The molecule has 4 N–H and O–H groups in total. The number of amidine groups is 1. The zero-order valence-corrected chi connectivity index (χ0v) is 13.3. The molecule has 2 unspecified atom stereocenters. The number of nitrogen functional groups attached to an aromatic ring is 1. The molecule has 1 aromatic rings. The van der Waals surface area contributed by atoms with Gasteiger partial charge in [0.1, 0.15) is 0 Å². The van der Waals surface area contributed by atoms with Gasteiger partial charge < -0.3 is 11.1 Å². The fourth-order valence-electron chi connectivity index (χ4n) is 3.58. The molecule has 4 rings (SSSR count). The van der Waals surface area contributed by atoms with E-state index in [1.54, 1.807) is 10.0 Å². The van der Waals surface area contributed by atoms with Gasteiger partial charge in [-0.15, -0.1) is 0 Å². The summed E-state index contributed by atoms with van der Waals surface area (Å²) < 4.78 is 0. The summed E-state index contributed by atoms with van der Waals surface area (Å²) in [6, 6.07) is 3.91. The molecule has 1 amide bonds. The van der Waals surface area contributed by atoms with Crippen LogP contribution >= 0.6 is 0 Å². The number of benzene rings is 1. The number of carbonyl (C=O) groups excluding carboxylic acids is 1. The van der Waals surface area contributed by atoms with E-state index in [-0.39, 0.29) is 29.4 Å². The maximum atomic E-state index is 12.5. The summed E-state index contributed by atoms with van der Waals surface area (Å²) in [5.74, 6) is 0.296. The molecule has 2 atom stereocenters. The average Bonchev–Trinajstić information content (AvgIpc) is 3.17. The molecule has 0 bridgehead atoms. The second-order valence-electron chi connectivity index (χ2n) is 6.40. The van der Waals surface area contributed by atoms with Crippen LogP contribution in [-0.4, -0.2) is 46.6 Å². The molecule has 120 valence electrons. The van der Waals surface area contributed by atoms with Crippen LogP contribution in [0.5, 0.6) is 0 Å². The van der Waals surface area contributed by atoms with Crippen molar-refractivity contribution in [1.82, 2.24) is 10.0 Å². The summed E-state index contributed by atoms with van der Waals surface area (Å²) in [6.07, 6.45) is 0.898. The van der Waals surface area contributed by atoms with Gasteiger partial charge in [0, 0.05) is 36.3 Å². The standard InChI is InChI=1S/C16H20N6O/c1-8-9(2)19-13-11(5-4-10(17)12(8)13)20-14-15(18)21-6-3-7-22(21)16(14)23/h4-5,8-9,18-19H,3,6-7,17H2,1-2H3. The van der Waals surface area contributed by atoms with E-state index in [2.05, 4.69) is 24.2 Å². The Labute approximate surface area is 134 Å². The van der Waals surface area contributed by atoms with Crippen LogP contribution in [0.4, 0.5) is 17.1 Å². The van der Waals surface area contributed by atoms with Crippen molar-refractivity contribution >= 4 is 34.5 Å². The summed E-state index contributed by atoms with van der Waals surface area (Å²) in [5, 5.41) is 14.9. The van der Waals surface area contributed by atoms with Crippen LogP contribution in [0.1, 0.15) is 31.7 Å².